The summed E-state index contributed by atoms with van der Waals surface area (Å²) in [5.41, 5.74) is 5.50. The second-order valence-corrected chi connectivity index (χ2v) is 14.0. The van der Waals surface area contributed by atoms with Gasteiger partial charge in [0.2, 0.25) is 5.91 Å². The van der Waals surface area contributed by atoms with Crippen molar-refractivity contribution in [1.29, 1.82) is 0 Å². The van der Waals surface area contributed by atoms with Gasteiger partial charge in [0.15, 0.2) is 0 Å². The Hall–Kier alpha value is -3.73. The standard InChI is InChI=1S/C37H38N2O6S.Na/c1-24(25-9-11-28(12-10-25)35(40)38-21-22-46(42,43)44)34(27-13-17-30(18-14-27)37(2,3)4)36(41)39-31-19-15-26(16-20-31)33-23-29-7-5-6-8-32(29)45-33;/h5-20,23-24,34H,21-22H2,1-4H3,(H,38,40)(H,39,41)(H,42,43,44);/q;+1/p-1. The van der Waals surface area contributed by atoms with Gasteiger partial charge in [0.25, 0.3) is 5.91 Å². The first kappa shape index (κ1) is 36.1. The minimum absolute atomic E-state index is 0. The summed E-state index contributed by atoms with van der Waals surface area (Å²) in [5, 5.41) is 6.57. The summed E-state index contributed by atoms with van der Waals surface area (Å²) >= 11 is 0. The molecule has 0 saturated carbocycles. The zero-order chi connectivity index (χ0) is 33.1. The Morgan fingerprint density at radius 1 is 0.851 bits per heavy atom. The van der Waals surface area contributed by atoms with Gasteiger partial charge >= 0.3 is 29.6 Å². The first-order valence-corrected chi connectivity index (χ1v) is 16.7. The molecule has 0 aliphatic heterocycles. The second kappa shape index (κ2) is 15.0. The van der Waals surface area contributed by atoms with E-state index in [4.69, 9.17) is 4.42 Å². The average Bonchev–Trinajstić information content (AvgIpc) is 3.45. The molecule has 5 aromatic rings. The topological polar surface area (TPSA) is 129 Å². The molecule has 2 unspecified atom stereocenters. The van der Waals surface area contributed by atoms with Crippen LogP contribution in [0, 0.1) is 0 Å². The molecule has 0 aliphatic carbocycles. The molecule has 0 aliphatic rings. The molecule has 5 rings (SSSR count). The molecule has 4 aromatic carbocycles. The normalized spacial score (nSPS) is 13.0. The molecule has 2 N–H and O–H groups in total. The van der Waals surface area contributed by atoms with E-state index in [1.165, 1.54) is 0 Å². The molecule has 1 heterocycles. The maximum atomic E-state index is 14.0. The molecular formula is C37H37N2NaO6S. The van der Waals surface area contributed by atoms with E-state index in [9.17, 15) is 22.6 Å². The summed E-state index contributed by atoms with van der Waals surface area (Å²) in [6, 6.07) is 32.3. The largest absolute Gasteiger partial charge is 1.00 e. The molecule has 238 valence electrons. The first-order chi connectivity index (χ1) is 21.8. The van der Waals surface area contributed by atoms with E-state index in [0.29, 0.717) is 11.3 Å². The third-order valence-electron chi connectivity index (χ3n) is 8.12. The smallest absolute Gasteiger partial charge is 0.748 e. The number of carbonyl (C=O) groups is 2. The van der Waals surface area contributed by atoms with E-state index in [-0.39, 0.29) is 53.3 Å². The van der Waals surface area contributed by atoms with Crippen LogP contribution in [0.5, 0.6) is 0 Å². The minimum Gasteiger partial charge on any atom is -0.748 e. The average molecular weight is 661 g/mol. The Morgan fingerprint density at radius 2 is 1.47 bits per heavy atom. The fourth-order valence-corrected chi connectivity index (χ4v) is 5.79. The van der Waals surface area contributed by atoms with Gasteiger partial charge in [0.1, 0.15) is 11.3 Å². The molecule has 1 aromatic heterocycles. The van der Waals surface area contributed by atoms with Gasteiger partial charge in [0.05, 0.1) is 21.8 Å². The fourth-order valence-electron chi connectivity index (χ4n) is 5.44. The number of hydrogen-bond donors (Lipinski definition) is 2. The number of para-hydroxylation sites is 1. The number of anilines is 1. The van der Waals surface area contributed by atoms with Gasteiger partial charge in [-0.3, -0.25) is 9.59 Å². The van der Waals surface area contributed by atoms with Gasteiger partial charge in [-0.15, -0.1) is 0 Å². The van der Waals surface area contributed by atoms with Crippen molar-refractivity contribution >= 4 is 38.6 Å². The Balaban J connectivity index is 0.00000500. The maximum absolute atomic E-state index is 14.0. The molecule has 10 heteroatoms. The Kier molecular flexibility index (Phi) is 11.5. The number of rotatable bonds is 10. The van der Waals surface area contributed by atoms with Gasteiger partial charge in [-0.1, -0.05) is 82.3 Å². The maximum Gasteiger partial charge on any atom is 1.00 e. The third kappa shape index (κ3) is 9.21. The van der Waals surface area contributed by atoms with E-state index < -0.39 is 27.7 Å². The van der Waals surface area contributed by atoms with Crippen LogP contribution in [0.2, 0.25) is 0 Å². The van der Waals surface area contributed by atoms with Crippen LogP contribution < -0.4 is 40.2 Å². The van der Waals surface area contributed by atoms with Crippen LogP contribution in [0.1, 0.15) is 66.6 Å². The monoisotopic (exact) mass is 660 g/mol. The molecule has 0 bridgehead atoms. The van der Waals surface area contributed by atoms with Gasteiger partial charge in [-0.25, -0.2) is 8.42 Å². The van der Waals surface area contributed by atoms with Crippen molar-refractivity contribution in [3.8, 4) is 11.3 Å². The minimum atomic E-state index is -4.42. The molecule has 2 atom stereocenters. The van der Waals surface area contributed by atoms with Crippen LogP contribution in [0.15, 0.2) is 108 Å². The molecule has 0 spiro atoms. The zero-order valence-corrected chi connectivity index (χ0v) is 30.1. The van der Waals surface area contributed by atoms with Gasteiger partial charge in [0, 0.05) is 28.7 Å². The van der Waals surface area contributed by atoms with Crippen molar-refractivity contribution < 1.29 is 56.5 Å². The van der Waals surface area contributed by atoms with Crippen LogP contribution in [0.4, 0.5) is 5.69 Å². The number of amides is 2. The summed E-state index contributed by atoms with van der Waals surface area (Å²) in [4.78, 5) is 26.5. The van der Waals surface area contributed by atoms with E-state index in [1.54, 1.807) is 24.3 Å². The van der Waals surface area contributed by atoms with Crippen molar-refractivity contribution in [1.82, 2.24) is 5.32 Å². The number of fused-ring (bicyclic) bond motifs is 1. The van der Waals surface area contributed by atoms with Gasteiger partial charge in [-0.05, 0) is 76.6 Å². The van der Waals surface area contributed by atoms with Gasteiger partial charge < -0.3 is 19.6 Å². The number of hydrogen-bond acceptors (Lipinski definition) is 6. The van der Waals surface area contributed by atoms with Gasteiger partial charge in [-0.2, -0.15) is 0 Å². The van der Waals surface area contributed by atoms with E-state index in [2.05, 4.69) is 43.5 Å². The molecule has 8 nitrogen and oxygen atoms in total. The molecule has 0 fully saturated rings. The fraction of sp³-hybridized carbons (Fsp3) is 0.243. The van der Waals surface area contributed by atoms with Crippen molar-refractivity contribution in [2.75, 3.05) is 17.6 Å². The van der Waals surface area contributed by atoms with Crippen LogP contribution in [0.3, 0.4) is 0 Å². The number of benzene rings is 4. The summed E-state index contributed by atoms with van der Waals surface area (Å²) in [5.74, 6) is -1.41. The number of carbonyl (C=O) groups excluding carboxylic acids is 2. The number of nitrogens with one attached hydrogen (secondary N) is 2. The van der Waals surface area contributed by atoms with Crippen LogP contribution in [-0.4, -0.2) is 37.1 Å². The van der Waals surface area contributed by atoms with E-state index in [1.807, 2.05) is 73.7 Å². The predicted octanol–water partition coefficient (Wildman–Crippen LogP) is 4.20. The number of furan rings is 1. The summed E-state index contributed by atoms with van der Waals surface area (Å²) < 4.78 is 38.5. The molecule has 0 saturated heterocycles. The molecule has 47 heavy (non-hydrogen) atoms. The van der Waals surface area contributed by atoms with Crippen LogP contribution in [-0.2, 0) is 20.3 Å². The van der Waals surface area contributed by atoms with Crippen molar-refractivity contribution in [3.05, 3.63) is 125 Å². The molecule has 2 amide bonds. The van der Waals surface area contributed by atoms with Crippen LogP contribution in [0.25, 0.3) is 22.3 Å². The van der Waals surface area contributed by atoms with E-state index >= 15 is 0 Å². The summed E-state index contributed by atoms with van der Waals surface area (Å²) in [6.07, 6.45) is 0. The van der Waals surface area contributed by atoms with Crippen molar-refractivity contribution in [2.24, 2.45) is 0 Å². The third-order valence-corrected chi connectivity index (χ3v) is 8.82. The molecule has 0 radical (unpaired) electrons. The Labute approximate surface area is 298 Å². The Bertz CT molecular complexity index is 1910. The zero-order valence-electron chi connectivity index (χ0n) is 27.2. The molecular weight excluding hydrogens is 623 g/mol. The first-order valence-electron chi connectivity index (χ1n) is 15.1. The summed E-state index contributed by atoms with van der Waals surface area (Å²) in [6.45, 7) is 8.12. The van der Waals surface area contributed by atoms with Crippen molar-refractivity contribution in [3.63, 3.8) is 0 Å². The quantitative estimate of drug-likeness (QED) is 0.171. The Morgan fingerprint density at radius 3 is 2.06 bits per heavy atom. The van der Waals surface area contributed by atoms with Crippen LogP contribution >= 0.6 is 0 Å². The SMILES string of the molecule is CC(c1ccc(C(=O)NCCS(=O)(=O)[O-])cc1)C(C(=O)Nc1ccc(-c2cc3ccccc3o2)cc1)c1ccc(C(C)(C)C)cc1.[Na+]. The predicted molar refractivity (Wildman–Crippen MR) is 180 cm³/mol. The summed E-state index contributed by atoms with van der Waals surface area (Å²) in [7, 11) is -4.42. The van der Waals surface area contributed by atoms with Crippen molar-refractivity contribution in [2.45, 2.75) is 44.9 Å². The van der Waals surface area contributed by atoms with E-state index in [0.717, 1.165) is 39.0 Å². The second-order valence-electron chi connectivity index (χ2n) is 12.5.